The van der Waals surface area contributed by atoms with Gasteiger partial charge in [0.25, 0.3) is 0 Å². The number of nitrogens with zero attached hydrogens (tertiary/aromatic N) is 2. The van der Waals surface area contributed by atoms with Gasteiger partial charge in [0.05, 0.1) is 0 Å². The second-order valence-corrected chi connectivity index (χ2v) is 4.03. The number of nitrogens with one attached hydrogen (secondary N) is 1. The highest BCUT2D eigenvalue weighted by atomic mass is 19.3. The topological polar surface area (TPSA) is 84.7 Å². The van der Waals surface area contributed by atoms with Gasteiger partial charge in [0.15, 0.2) is 0 Å². The van der Waals surface area contributed by atoms with Crippen molar-refractivity contribution in [3.63, 3.8) is 0 Å². The van der Waals surface area contributed by atoms with E-state index in [0.29, 0.717) is 18.7 Å². The molecule has 0 aliphatic heterocycles. The first kappa shape index (κ1) is 11.0. The minimum atomic E-state index is -2.59. The van der Waals surface area contributed by atoms with Crippen molar-refractivity contribution in [1.29, 1.82) is 0 Å². The Bertz CT molecular complexity index is 435. The van der Waals surface area contributed by atoms with E-state index in [0.717, 1.165) is 0 Å². The second-order valence-electron chi connectivity index (χ2n) is 4.03. The third-order valence-electron chi connectivity index (χ3n) is 2.79. The number of rotatable bonds is 1. The normalized spacial score (nSPS) is 20.9. The molecule has 88 valence electrons. The standard InChI is InChI=1S/C9H12F2N4O/c10-9(11)3-1-5(2-4-9)6-13-7(12)15-8(16)14-6/h5H,1-4H2,(H3,12,13,14,15,16). The number of hydrogen-bond acceptors (Lipinski definition) is 4. The van der Waals surface area contributed by atoms with E-state index >= 15 is 0 Å². The lowest BCUT2D eigenvalue weighted by Gasteiger charge is -2.27. The Morgan fingerprint density at radius 3 is 2.50 bits per heavy atom. The Morgan fingerprint density at radius 2 is 1.94 bits per heavy atom. The molecule has 1 aliphatic carbocycles. The van der Waals surface area contributed by atoms with Crippen LogP contribution in [-0.4, -0.2) is 20.9 Å². The van der Waals surface area contributed by atoms with Gasteiger partial charge in [0.2, 0.25) is 11.9 Å². The highest BCUT2D eigenvalue weighted by Gasteiger charge is 2.36. The number of anilines is 1. The van der Waals surface area contributed by atoms with Gasteiger partial charge in [0, 0.05) is 18.8 Å². The summed E-state index contributed by atoms with van der Waals surface area (Å²) in [5.74, 6) is -2.49. The number of aromatic nitrogens is 3. The number of aromatic amines is 1. The highest BCUT2D eigenvalue weighted by Crippen LogP contribution is 2.39. The zero-order valence-corrected chi connectivity index (χ0v) is 8.54. The van der Waals surface area contributed by atoms with Crippen LogP contribution in [0.1, 0.15) is 37.4 Å². The number of hydrogen-bond donors (Lipinski definition) is 2. The average molecular weight is 230 g/mol. The lowest BCUT2D eigenvalue weighted by atomic mass is 9.86. The van der Waals surface area contributed by atoms with Crippen molar-refractivity contribution in [1.82, 2.24) is 15.0 Å². The molecule has 5 nitrogen and oxygen atoms in total. The van der Waals surface area contributed by atoms with Crippen LogP contribution in [0, 0.1) is 0 Å². The largest absolute Gasteiger partial charge is 0.368 e. The predicted molar refractivity (Wildman–Crippen MR) is 53.2 cm³/mol. The minimum Gasteiger partial charge on any atom is -0.368 e. The van der Waals surface area contributed by atoms with Crippen LogP contribution in [0.3, 0.4) is 0 Å². The summed E-state index contributed by atoms with van der Waals surface area (Å²) in [7, 11) is 0. The first-order valence-electron chi connectivity index (χ1n) is 5.08. The van der Waals surface area contributed by atoms with Gasteiger partial charge < -0.3 is 5.73 Å². The molecule has 0 bridgehead atoms. The fourth-order valence-corrected chi connectivity index (χ4v) is 1.92. The van der Waals surface area contributed by atoms with Gasteiger partial charge in [-0.3, -0.25) is 4.98 Å². The molecule has 1 heterocycles. The van der Waals surface area contributed by atoms with Gasteiger partial charge in [-0.15, -0.1) is 0 Å². The van der Waals surface area contributed by atoms with E-state index < -0.39 is 11.6 Å². The molecule has 1 aromatic heterocycles. The van der Waals surface area contributed by atoms with Gasteiger partial charge in [-0.25, -0.2) is 13.6 Å². The summed E-state index contributed by atoms with van der Waals surface area (Å²) in [6.07, 6.45) is 0.256. The van der Waals surface area contributed by atoms with Crippen LogP contribution in [0.2, 0.25) is 0 Å². The summed E-state index contributed by atoms with van der Waals surface area (Å²) in [5.41, 5.74) is 4.75. The number of nitrogens with two attached hydrogens (primary N) is 1. The number of alkyl halides is 2. The Kier molecular flexibility index (Phi) is 2.61. The molecule has 0 amide bonds. The molecule has 2 rings (SSSR count). The quantitative estimate of drug-likeness (QED) is 0.754. The van der Waals surface area contributed by atoms with E-state index in [9.17, 15) is 13.6 Å². The Balaban J connectivity index is 2.17. The average Bonchev–Trinajstić information content (AvgIpc) is 2.15. The van der Waals surface area contributed by atoms with Gasteiger partial charge in [-0.1, -0.05) is 0 Å². The molecule has 1 aliphatic rings. The fraction of sp³-hybridized carbons (Fsp3) is 0.667. The zero-order valence-electron chi connectivity index (χ0n) is 8.54. The Labute approximate surface area is 90.1 Å². The zero-order chi connectivity index (χ0) is 11.8. The number of halogens is 2. The number of nitrogen functional groups attached to an aromatic ring is 1. The van der Waals surface area contributed by atoms with E-state index in [-0.39, 0.29) is 24.7 Å². The van der Waals surface area contributed by atoms with E-state index in [1.54, 1.807) is 0 Å². The second kappa shape index (κ2) is 3.80. The van der Waals surface area contributed by atoms with Crippen molar-refractivity contribution in [2.45, 2.75) is 37.5 Å². The maximum absolute atomic E-state index is 12.9. The summed E-state index contributed by atoms with van der Waals surface area (Å²) < 4.78 is 25.8. The highest BCUT2D eigenvalue weighted by molar-refractivity contribution is 5.14. The van der Waals surface area contributed by atoms with Crippen molar-refractivity contribution in [3.8, 4) is 0 Å². The van der Waals surface area contributed by atoms with E-state index in [4.69, 9.17) is 5.73 Å². The van der Waals surface area contributed by atoms with Crippen molar-refractivity contribution in [2.75, 3.05) is 5.73 Å². The van der Waals surface area contributed by atoms with Crippen LogP contribution in [0.25, 0.3) is 0 Å². The molecule has 3 N–H and O–H groups in total. The number of H-pyrrole nitrogens is 1. The molecule has 0 spiro atoms. The monoisotopic (exact) mass is 230 g/mol. The molecule has 1 saturated carbocycles. The van der Waals surface area contributed by atoms with Gasteiger partial charge >= 0.3 is 5.69 Å². The Morgan fingerprint density at radius 1 is 1.31 bits per heavy atom. The van der Waals surface area contributed by atoms with Gasteiger partial charge in [0.1, 0.15) is 5.82 Å². The molecular formula is C9H12F2N4O. The lowest BCUT2D eigenvalue weighted by molar-refractivity contribution is -0.0387. The summed E-state index contributed by atoms with van der Waals surface area (Å²) in [6, 6.07) is 0. The van der Waals surface area contributed by atoms with Gasteiger partial charge in [-0.05, 0) is 12.8 Å². The molecule has 1 aromatic rings. The smallest absolute Gasteiger partial charge is 0.349 e. The van der Waals surface area contributed by atoms with E-state index in [2.05, 4.69) is 15.0 Å². The van der Waals surface area contributed by atoms with Crippen LogP contribution in [0.4, 0.5) is 14.7 Å². The molecule has 7 heteroatoms. The summed E-state index contributed by atoms with van der Waals surface area (Å²) in [4.78, 5) is 20.7. The van der Waals surface area contributed by atoms with Crippen molar-refractivity contribution < 1.29 is 8.78 Å². The maximum Gasteiger partial charge on any atom is 0.349 e. The fourth-order valence-electron chi connectivity index (χ4n) is 1.92. The minimum absolute atomic E-state index is 0.115. The van der Waals surface area contributed by atoms with Crippen LogP contribution >= 0.6 is 0 Å². The lowest BCUT2D eigenvalue weighted by Crippen LogP contribution is -2.26. The Hall–Kier alpha value is -1.53. The van der Waals surface area contributed by atoms with Crippen LogP contribution in [0.5, 0.6) is 0 Å². The van der Waals surface area contributed by atoms with Crippen molar-refractivity contribution in [3.05, 3.63) is 16.3 Å². The van der Waals surface area contributed by atoms with Gasteiger partial charge in [-0.2, -0.15) is 9.97 Å². The molecule has 0 unspecified atom stereocenters. The first-order chi connectivity index (χ1) is 7.46. The van der Waals surface area contributed by atoms with E-state index in [1.807, 2.05) is 0 Å². The molecule has 0 saturated heterocycles. The molecule has 0 atom stereocenters. The van der Waals surface area contributed by atoms with Crippen LogP contribution in [0.15, 0.2) is 4.79 Å². The van der Waals surface area contributed by atoms with Crippen molar-refractivity contribution >= 4 is 5.95 Å². The van der Waals surface area contributed by atoms with Crippen LogP contribution < -0.4 is 11.4 Å². The maximum atomic E-state index is 12.9. The molecule has 1 fully saturated rings. The summed E-state index contributed by atoms with van der Waals surface area (Å²) in [6.45, 7) is 0. The molecule has 0 aromatic carbocycles. The molecule has 0 radical (unpaired) electrons. The molecule has 16 heavy (non-hydrogen) atoms. The van der Waals surface area contributed by atoms with Crippen LogP contribution in [-0.2, 0) is 0 Å². The SMILES string of the molecule is Nc1nc(C2CCC(F)(F)CC2)[nH]c(=O)n1. The predicted octanol–water partition coefficient (Wildman–Crippen LogP) is 1.04. The summed E-state index contributed by atoms with van der Waals surface area (Å²) in [5, 5.41) is 0. The summed E-state index contributed by atoms with van der Waals surface area (Å²) >= 11 is 0. The third-order valence-corrected chi connectivity index (χ3v) is 2.79. The third kappa shape index (κ3) is 2.34. The molecular weight excluding hydrogens is 218 g/mol. The van der Waals surface area contributed by atoms with E-state index in [1.165, 1.54) is 0 Å². The first-order valence-corrected chi connectivity index (χ1v) is 5.08. The van der Waals surface area contributed by atoms with Crippen molar-refractivity contribution in [2.24, 2.45) is 0 Å².